The molecule has 2 aliphatic heterocycles. The Bertz CT molecular complexity index is 1070. The van der Waals surface area contributed by atoms with E-state index in [9.17, 15) is 14.4 Å². The lowest BCUT2D eigenvalue weighted by Gasteiger charge is -2.33. The van der Waals surface area contributed by atoms with Crippen molar-refractivity contribution in [1.82, 2.24) is 20.4 Å². The van der Waals surface area contributed by atoms with Crippen molar-refractivity contribution in [3.63, 3.8) is 0 Å². The molecule has 2 aromatic rings. The highest BCUT2D eigenvalue weighted by molar-refractivity contribution is 6.03. The molecule has 8 heteroatoms. The number of urea groups is 1. The number of nitrogens with zero attached hydrogens (tertiary/aromatic N) is 2. The topological polar surface area (TPSA) is 94.9 Å². The lowest BCUT2D eigenvalue weighted by molar-refractivity contribution is -0.135. The maximum Gasteiger partial charge on any atom is 0.322 e. The molecule has 1 aromatic heterocycles. The molecule has 4 rings (SSSR count). The highest BCUT2D eigenvalue weighted by atomic mass is 16.3. The number of hydrogen-bond donors (Lipinski definition) is 2. The van der Waals surface area contributed by atoms with Crippen LogP contribution in [-0.4, -0.2) is 46.8 Å². The van der Waals surface area contributed by atoms with E-state index in [2.05, 4.69) is 17.2 Å². The van der Waals surface area contributed by atoms with Crippen LogP contribution in [0.1, 0.15) is 29.9 Å². The molecule has 2 N–H and O–H groups in total. The predicted octanol–water partition coefficient (Wildman–Crippen LogP) is 2.64. The molecule has 0 aliphatic carbocycles. The van der Waals surface area contributed by atoms with Crippen LogP contribution < -0.4 is 10.6 Å². The summed E-state index contributed by atoms with van der Waals surface area (Å²) in [5, 5.41) is 5.74. The van der Waals surface area contributed by atoms with Gasteiger partial charge in [-0.3, -0.25) is 14.5 Å². The van der Waals surface area contributed by atoms with Gasteiger partial charge in [0.15, 0.2) is 0 Å². The molecule has 2 atom stereocenters. The quantitative estimate of drug-likeness (QED) is 0.655. The van der Waals surface area contributed by atoms with Crippen LogP contribution in [0.3, 0.4) is 0 Å². The van der Waals surface area contributed by atoms with E-state index in [0.717, 1.165) is 11.1 Å². The molecule has 1 aromatic carbocycles. The molecule has 0 bridgehead atoms. The number of aryl methyl sites for hydroxylation is 1. The fraction of sp³-hybridized carbons (Fsp3) is 0.292. The molecule has 8 nitrogen and oxygen atoms in total. The Kier molecular flexibility index (Phi) is 5.85. The fourth-order valence-electron chi connectivity index (χ4n) is 4.03. The first-order valence-corrected chi connectivity index (χ1v) is 10.5. The van der Waals surface area contributed by atoms with Gasteiger partial charge in [0.1, 0.15) is 11.8 Å². The van der Waals surface area contributed by atoms with Gasteiger partial charge in [-0.25, -0.2) is 4.79 Å². The Labute approximate surface area is 186 Å². The maximum atomic E-state index is 13.5. The van der Waals surface area contributed by atoms with Gasteiger partial charge in [0.25, 0.3) is 5.91 Å². The number of hydrogen-bond acceptors (Lipinski definition) is 4. The van der Waals surface area contributed by atoms with Gasteiger partial charge in [-0.15, -0.1) is 6.58 Å². The molecule has 3 heterocycles. The molecule has 0 radical (unpaired) electrons. The summed E-state index contributed by atoms with van der Waals surface area (Å²) in [6.07, 6.45) is 3.15. The number of nitrogens with one attached hydrogen (secondary N) is 2. The number of benzene rings is 1. The predicted molar refractivity (Wildman–Crippen MR) is 118 cm³/mol. The normalized spacial score (nSPS) is 19.0. The van der Waals surface area contributed by atoms with Crippen molar-refractivity contribution < 1.29 is 18.8 Å². The third-order valence-electron chi connectivity index (χ3n) is 5.84. The summed E-state index contributed by atoms with van der Waals surface area (Å²) in [5.41, 5.74) is 3.00. The highest BCUT2D eigenvalue weighted by Gasteiger charge is 2.45. The van der Waals surface area contributed by atoms with Crippen LogP contribution in [0.25, 0.3) is 0 Å². The van der Waals surface area contributed by atoms with Crippen molar-refractivity contribution in [3.05, 3.63) is 83.5 Å². The molecular formula is C24H26N4O4. The van der Waals surface area contributed by atoms with Crippen molar-refractivity contribution in [1.29, 1.82) is 0 Å². The van der Waals surface area contributed by atoms with Gasteiger partial charge in [0.05, 0.1) is 36.7 Å². The van der Waals surface area contributed by atoms with Gasteiger partial charge in [-0.05, 0) is 31.5 Å². The summed E-state index contributed by atoms with van der Waals surface area (Å²) in [4.78, 5) is 42.1. The molecule has 0 saturated heterocycles. The summed E-state index contributed by atoms with van der Waals surface area (Å²) < 4.78 is 5.25. The second-order valence-electron chi connectivity index (χ2n) is 7.96. The monoisotopic (exact) mass is 434 g/mol. The van der Waals surface area contributed by atoms with E-state index >= 15 is 0 Å². The van der Waals surface area contributed by atoms with Crippen molar-refractivity contribution in [2.75, 3.05) is 13.1 Å². The second-order valence-corrected chi connectivity index (χ2v) is 7.96. The zero-order chi connectivity index (χ0) is 22.8. The van der Waals surface area contributed by atoms with Crippen LogP contribution in [0.4, 0.5) is 4.79 Å². The summed E-state index contributed by atoms with van der Waals surface area (Å²) >= 11 is 0. The summed E-state index contributed by atoms with van der Waals surface area (Å²) in [6, 6.07) is 9.63. The SMILES string of the molecule is C=CCN1C(=O)N[C@H](c2ccc(C)cc2)C2=C1CN([C@H](C)C(=O)NCc1ccco1)C2=O. The van der Waals surface area contributed by atoms with E-state index in [1.807, 2.05) is 31.2 Å². The van der Waals surface area contributed by atoms with Crippen molar-refractivity contribution in [2.45, 2.75) is 32.5 Å². The van der Waals surface area contributed by atoms with Crippen LogP contribution >= 0.6 is 0 Å². The van der Waals surface area contributed by atoms with E-state index in [1.54, 1.807) is 25.1 Å². The Hall–Kier alpha value is -3.81. The number of amides is 4. The third kappa shape index (κ3) is 3.91. The lowest BCUT2D eigenvalue weighted by atomic mass is 9.95. The number of carbonyl (C=O) groups excluding carboxylic acids is 3. The van der Waals surface area contributed by atoms with E-state index in [4.69, 9.17) is 4.42 Å². The number of furan rings is 1. The zero-order valence-corrected chi connectivity index (χ0v) is 18.1. The van der Waals surface area contributed by atoms with Crippen LogP contribution in [0.2, 0.25) is 0 Å². The standard InChI is InChI=1S/C24H26N4O4/c1-4-11-27-19-14-28(16(3)22(29)25-13-18-6-5-12-32-18)23(30)20(19)21(26-24(27)31)17-9-7-15(2)8-10-17/h4-10,12,16,21H,1,11,13-14H2,2-3H3,(H,25,29)(H,26,31)/t16-,21-/m1/s1. The molecule has 4 amide bonds. The van der Waals surface area contributed by atoms with Crippen LogP contribution in [-0.2, 0) is 16.1 Å². The second kappa shape index (κ2) is 8.74. The molecule has 0 fully saturated rings. The summed E-state index contributed by atoms with van der Waals surface area (Å²) in [5.74, 6) is 0.0680. The first-order chi connectivity index (χ1) is 15.4. The summed E-state index contributed by atoms with van der Waals surface area (Å²) in [7, 11) is 0. The number of rotatable bonds is 7. The first kappa shape index (κ1) is 21.4. The smallest absolute Gasteiger partial charge is 0.322 e. The zero-order valence-electron chi connectivity index (χ0n) is 18.1. The molecular weight excluding hydrogens is 408 g/mol. The Morgan fingerprint density at radius 3 is 2.72 bits per heavy atom. The minimum atomic E-state index is -0.720. The molecule has 2 aliphatic rings. The molecule has 166 valence electrons. The first-order valence-electron chi connectivity index (χ1n) is 10.5. The number of carbonyl (C=O) groups is 3. The maximum absolute atomic E-state index is 13.5. The Balaban J connectivity index is 1.60. The van der Waals surface area contributed by atoms with E-state index in [-0.39, 0.29) is 37.5 Å². The van der Waals surface area contributed by atoms with Gasteiger partial charge >= 0.3 is 6.03 Å². The van der Waals surface area contributed by atoms with Gasteiger partial charge in [-0.2, -0.15) is 0 Å². The summed E-state index contributed by atoms with van der Waals surface area (Å²) in [6.45, 7) is 8.06. The van der Waals surface area contributed by atoms with Crippen LogP contribution in [0.15, 0.2) is 71.0 Å². The fourth-order valence-corrected chi connectivity index (χ4v) is 4.03. The minimum absolute atomic E-state index is 0.174. The highest BCUT2D eigenvalue weighted by Crippen LogP contribution is 2.37. The Morgan fingerprint density at radius 2 is 2.06 bits per heavy atom. The van der Waals surface area contributed by atoms with Gasteiger partial charge in [0.2, 0.25) is 5.91 Å². The van der Waals surface area contributed by atoms with E-state index in [1.165, 1.54) is 16.1 Å². The largest absolute Gasteiger partial charge is 0.467 e. The molecule has 0 spiro atoms. The molecule has 0 saturated carbocycles. The van der Waals surface area contributed by atoms with Gasteiger partial charge in [0, 0.05) is 6.54 Å². The Morgan fingerprint density at radius 1 is 1.31 bits per heavy atom. The van der Waals surface area contributed by atoms with Gasteiger partial charge < -0.3 is 20.0 Å². The van der Waals surface area contributed by atoms with E-state index in [0.29, 0.717) is 17.0 Å². The van der Waals surface area contributed by atoms with Crippen LogP contribution in [0, 0.1) is 6.92 Å². The van der Waals surface area contributed by atoms with Crippen molar-refractivity contribution in [3.8, 4) is 0 Å². The third-order valence-corrected chi connectivity index (χ3v) is 5.84. The van der Waals surface area contributed by atoms with Crippen LogP contribution in [0.5, 0.6) is 0 Å². The van der Waals surface area contributed by atoms with Gasteiger partial charge in [-0.1, -0.05) is 35.9 Å². The lowest BCUT2D eigenvalue weighted by Crippen LogP contribution is -2.47. The van der Waals surface area contributed by atoms with Crippen molar-refractivity contribution >= 4 is 17.8 Å². The van der Waals surface area contributed by atoms with E-state index < -0.39 is 12.1 Å². The van der Waals surface area contributed by atoms with Crippen molar-refractivity contribution in [2.24, 2.45) is 0 Å². The minimum Gasteiger partial charge on any atom is -0.467 e. The average molecular weight is 434 g/mol. The molecule has 0 unspecified atom stereocenters. The molecule has 32 heavy (non-hydrogen) atoms. The average Bonchev–Trinajstić information content (AvgIpc) is 3.42.